The normalized spacial score (nSPS) is 10.4. The van der Waals surface area contributed by atoms with Crippen molar-refractivity contribution in [2.24, 2.45) is 0 Å². The van der Waals surface area contributed by atoms with Gasteiger partial charge in [0.25, 0.3) is 0 Å². The predicted molar refractivity (Wildman–Crippen MR) is 99.3 cm³/mol. The molecular formula is C16H12Cl2N4OS. The Balaban J connectivity index is 1.59. The van der Waals surface area contributed by atoms with Gasteiger partial charge in [-0.05, 0) is 42.5 Å². The van der Waals surface area contributed by atoms with Gasteiger partial charge in [-0.3, -0.25) is 0 Å². The molecule has 8 heteroatoms. The van der Waals surface area contributed by atoms with Crippen LogP contribution in [0.5, 0.6) is 0 Å². The highest BCUT2D eigenvalue weighted by molar-refractivity contribution is 7.80. The van der Waals surface area contributed by atoms with Crippen LogP contribution in [-0.4, -0.2) is 15.3 Å². The van der Waals surface area contributed by atoms with Gasteiger partial charge in [0.1, 0.15) is 0 Å². The number of halogens is 2. The number of benzene rings is 2. The third-order valence-corrected chi connectivity index (χ3v) is 3.88. The minimum atomic E-state index is 0.295. The highest BCUT2D eigenvalue weighted by atomic mass is 35.5. The summed E-state index contributed by atoms with van der Waals surface area (Å²) in [6, 6.07) is 14.6. The summed E-state index contributed by atoms with van der Waals surface area (Å²) in [4.78, 5) is 4.30. The van der Waals surface area contributed by atoms with Crippen molar-refractivity contribution in [3.63, 3.8) is 0 Å². The van der Waals surface area contributed by atoms with Crippen molar-refractivity contribution in [3.05, 3.63) is 64.5 Å². The molecule has 0 fully saturated rings. The average molecular weight is 379 g/mol. The van der Waals surface area contributed by atoms with Gasteiger partial charge in [0, 0.05) is 16.3 Å². The average Bonchev–Trinajstić information content (AvgIpc) is 3.02. The minimum Gasteiger partial charge on any atom is -0.353 e. The highest BCUT2D eigenvalue weighted by Crippen LogP contribution is 2.24. The van der Waals surface area contributed by atoms with E-state index < -0.39 is 0 Å². The second kappa shape index (κ2) is 7.61. The molecule has 3 rings (SSSR count). The van der Waals surface area contributed by atoms with Crippen molar-refractivity contribution in [2.45, 2.75) is 6.54 Å². The molecule has 0 aliphatic carbocycles. The van der Waals surface area contributed by atoms with Gasteiger partial charge in [0.2, 0.25) is 11.7 Å². The zero-order valence-electron chi connectivity index (χ0n) is 12.3. The van der Waals surface area contributed by atoms with E-state index in [9.17, 15) is 0 Å². The van der Waals surface area contributed by atoms with E-state index in [-0.39, 0.29) is 0 Å². The van der Waals surface area contributed by atoms with Crippen molar-refractivity contribution in [3.8, 4) is 11.4 Å². The zero-order chi connectivity index (χ0) is 16.9. The number of hydrogen-bond acceptors (Lipinski definition) is 4. The zero-order valence-corrected chi connectivity index (χ0v) is 14.6. The molecule has 3 aromatic rings. The molecule has 0 bridgehead atoms. The smallest absolute Gasteiger partial charge is 0.246 e. The van der Waals surface area contributed by atoms with Crippen LogP contribution in [0.25, 0.3) is 11.4 Å². The van der Waals surface area contributed by atoms with E-state index in [1.54, 1.807) is 18.2 Å². The fraction of sp³-hybridized carbons (Fsp3) is 0.0625. The first kappa shape index (κ1) is 16.7. The van der Waals surface area contributed by atoms with E-state index in [4.69, 9.17) is 39.9 Å². The number of anilines is 1. The third-order valence-electron chi connectivity index (χ3n) is 3.07. The lowest BCUT2D eigenvalue weighted by molar-refractivity contribution is 0.376. The summed E-state index contributed by atoms with van der Waals surface area (Å²) >= 11 is 17.3. The molecule has 0 radical (unpaired) electrons. The summed E-state index contributed by atoms with van der Waals surface area (Å²) in [6.07, 6.45) is 0. The Kier molecular flexibility index (Phi) is 5.30. The number of thiocarbonyl (C=S) groups is 1. The Morgan fingerprint density at radius 3 is 2.75 bits per heavy atom. The lowest BCUT2D eigenvalue weighted by Crippen LogP contribution is -2.27. The van der Waals surface area contributed by atoms with Gasteiger partial charge >= 0.3 is 0 Å². The van der Waals surface area contributed by atoms with Crippen molar-refractivity contribution in [2.75, 3.05) is 5.32 Å². The monoisotopic (exact) mass is 378 g/mol. The van der Waals surface area contributed by atoms with Crippen LogP contribution in [0, 0.1) is 0 Å². The quantitative estimate of drug-likeness (QED) is 0.650. The van der Waals surface area contributed by atoms with Gasteiger partial charge in [-0.25, -0.2) is 0 Å². The fourth-order valence-electron chi connectivity index (χ4n) is 1.98. The number of nitrogens with zero attached hydrogens (tertiary/aromatic N) is 2. The van der Waals surface area contributed by atoms with Crippen molar-refractivity contribution in [1.29, 1.82) is 0 Å². The fourth-order valence-corrected chi connectivity index (χ4v) is 2.58. The molecule has 0 spiro atoms. The molecule has 0 unspecified atom stereocenters. The molecular weight excluding hydrogens is 367 g/mol. The largest absolute Gasteiger partial charge is 0.353 e. The molecule has 0 saturated heterocycles. The summed E-state index contributed by atoms with van der Waals surface area (Å²) < 4.78 is 5.20. The van der Waals surface area contributed by atoms with E-state index in [2.05, 4.69) is 20.8 Å². The van der Waals surface area contributed by atoms with Gasteiger partial charge in [-0.1, -0.05) is 46.6 Å². The second-order valence-electron chi connectivity index (χ2n) is 4.81. The Labute approximate surface area is 154 Å². The first-order chi connectivity index (χ1) is 11.6. The number of hydrogen-bond donors (Lipinski definition) is 2. The Bertz CT molecular complexity index is 869. The van der Waals surface area contributed by atoms with Gasteiger partial charge in [-0.2, -0.15) is 4.98 Å². The van der Waals surface area contributed by atoms with Crippen LogP contribution in [0.15, 0.2) is 53.1 Å². The van der Waals surface area contributed by atoms with E-state index in [0.29, 0.717) is 39.0 Å². The number of nitrogens with one attached hydrogen (secondary N) is 2. The molecule has 122 valence electrons. The summed E-state index contributed by atoms with van der Waals surface area (Å²) in [6.45, 7) is 0.295. The topological polar surface area (TPSA) is 63.0 Å². The van der Waals surface area contributed by atoms with E-state index in [0.717, 1.165) is 5.69 Å². The van der Waals surface area contributed by atoms with Crippen LogP contribution < -0.4 is 10.6 Å². The van der Waals surface area contributed by atoms with Crippen LogP contribution >= 0.6 is 35.4 Å². The maximum atomic E-state index is 6.12. The van der Waals surface area contributed by atoms with Crippen LogP contribution in [0.4, 0.5) is 5.69 Å². The summed E-state index contributed by atoms with van der Waals surface area (Å²) in [5, 5.41) is 11.6. The summed E-state index contributed by atoms with van der Waals surface area (Å²) in [5.41, 5.74) is 1.51. The van der Waals surface area contributed by atoms with E-state index in [1.807, 2.05) is 30.3 Å². The second-order valence-corrected chi connectivity index (χ2v) is 6.06. The molecule has 5 nitrogen and oxygen atoms in total. The lowest BCUT2D eigenvalue weighted by Gasteiger charge is -2.08. The molecule has 0 aliphatic heterocycles. The van der Waals surface area contributed by atoms with E-state index in [1.165, 1.54) is 0 Å². The molecule has 0 amide bonds. The minimum absolute atomic E-state index is 0.295. The number of aromatic nitrogens is 2. The first-order valence-electron chi connectivity index (χ1n) is 7.00. The molecule has 24 heavy (non-hydrogen) atoms. The molecule has 2 N–H and O–H groups in total. The maximum absolute atomic E-state index is 6.12. The molecule has 0 atom stereocenters. The van der Waals surface area contributed by atoms with Crippen LogP contribution in [0.2, 0.25) is 10.0 Å². The van der Waals surface area contributed by atoms with Crippen molar-refractivity contribution in [1.82, 2.24) is 15.5 Å². The highest BCUT2D eigenvalue weighted by Gasteiger charge is 2.11. The van der Waals surface area contributed by atoms with Gasteiger partial charge in [0.15, 0.2) is 5.11 Å². The SMILES string of the molecule is S=C(NCc1nc(-c2ccccc2Cl)no1)Nc1cccc(Cl)c1. The van der Waals surface area contributed by atoms with Gasteiger partial charge in [-0.15, -0.1) is 0 Å². The van der Waals surface area contributed by atoms with Crippen LogP contribution in [0.3, 0.4) is 0 Å². The predicted octanol–water partition coefficient (Wildman–Crippen LogP) is 4.53. The molecule has 0 aliphatic rings. The number of rotatable bonds is 4. The van der Waals surface area contributed by atoms with Crippen LogP contribution in [0.1, 0.15) is 5.89 Å². The maximum Gasteiger partial charge on any atom is 0.246 e. The summed E-state index contributed by atoms with van der Waals surface area (Å²) in [5.74, 6) is 0.839. The Morgan fingerprint density at radius 2 is 1.96 bits per heavy atom. The molecule has 1 heterocycles. The molecule has 2 aromatic carbocycles. The lowest BCUT2D eigenvalue weighted by atomic mass is 10.2. The first-order valence-corrected chi connectivity index (χ1v) is 8.16. The van der Waals surface area contributed by atoms with Crippen molar-refractivity contribution < 1.29 is 4.52 Å². The Hall–Kier alpha value is -2.15. The van der Waals surface area contributed by atoms with E-state index >= 15 is 0 Å². The summed E-state index contributed by atoms with van der Waals surface area (Å²) in [7, 11) is 0. The van der Waals surface area contributed by atoms with Gasteiger partial charge in [0.05, 0.1) is 11.6 Å². The molecule has 1 aromatic heterocycles. The third kappa shape index (κ3) is 4.23. The van der Waals surface area contributed by atoms with Gasteiger partial charge < -0.3 is 15.2 Å². The van der Waals surface area contributed by atoms with Crippen LogP contribution in [-0.2, 0) is 6.54 Å². The standard InChI is InChI=1S/C16H12Cl2N4OS/c17-10-4-3-5-11(8-10)20-16(24)19-9-14-21-15(22-23-14)12-6-1-2-7-13(12)18/h1-8H,9H2,(H2,19,20,24). The Morgan fingerprint density at radius 1 is 1.12 bits per heavy atom. The van der Waals surface area contributed by atoms with Crippen molar-refractivity contribution >= 4 is 46.2 Å². The molecule has 0 saturated carbocycles.